The number of hydrogen-bond donors (Lipinski definition) is 8. The largest absolute Gasteiger partial charge is 0.396 e. The molecule has 0 bridgehead atoms. The van der Waals surface area contributed by atoms with E-state index in [1.165, 1.54) is 10.8 Å². The van der Waals surface area contributed by atoms with Crippen molar-refractivity contribution in [3.63, 3.8) is 0 Å². The molecule has 15 nitrogen and oxygen atoms in total. The zero-order valence-electron chi connectivity index (χ0n) is 31.5. The molecule has 0 atom stereocenters. The van der Waals surface area contributed by atoms with Crippen LogP contribution < -0.4 is 20.9 Å². The second kappa shape index (κ2) is 17.2. The monoisotopic (exact) mass is 766 g/mol. The van der Waals surface area contributed by atoms with E-state index in [1.807, 2.05) is 36.7 Å². The third kappa shape index (κ3) is 8.86. The summed E-state index contributed by atoms with van der Waals surface area (Å²) in [5.41, 5.74) is 6.85. The number of piperidine rings is 1. The molecule has 1 saturated heterocycles. The Hall–Kier alpha value is -6.42. The van der Waals surface area contributed by atoms with Crippen molar-refractivity contribution in [1.29, 1.82) is 0 Å². The van der Waals surface area contributed by atoms with Crippen LogP contribution in [0.3, 0.4) is 0 Å². The molecule has 0 unspecified atom stereocenters. The van der Waals surface area contributed by atoms with Crippen LogP contribution >= 0.6 is 0 Å². The number of aromatic nitrogens is 8. The Labute approximate surface area is 328 Å². The maximum Gasteiger partial charge on any atom is 0.182 e. The average Bonchev–Trinajstić information content (AvgIpc) is 3.94. The van der Waals surface area contributed by atoms with Crippen LogP contribution in [0.15, 0.2) is 97.6 Å². The van der Waals surface area contributed by atoms with Gasteiger partial charge in [-0.1, -0.05) is 24.3 Å². The summed E-state index contributed by atoms with van der Waals surface area (Å²) in [6, 6.07) is 24.4. The lowest BCUT2D eigenvalue weighted by atomic mass is 9.80. The minimum Gasteiger partial charge on any atom is -0.396 e. The highest BCUT2D eigenvalue weighted by molar-refractivity contribution is 5.81. The predicted molar refractivity (Wildman–Crippen MR) is 224 cm³/mol. The predicted octanol–water partition coefficient (Wildman–Crippen LogP) is 5.60. The molecule has 1 aliphatic rings. The van der Waals surface area contributed by atoms with Crippen LogP contribution in [0.5, 0.6) is 0 Å². The molecule has 0 radical (unpaired) electrons. The lowest BCUT2D eigenvalue weighted by molar-refractivity contribution is 0.0340. The summed E-state index contributed by atoms with van der Waals surface area (Å²) in [4.78, 5) is 36.0. The van der Waals surface area contributed by atoms with Crippen LogP contribution in [0.4, 0.5) is 23.3 Å². The number of nitrogens with zero attached hydrogens (tertiary/aromatic N) is 7. The van der Waals surface area contributed by atoms with E-state index >= 15 is 0 Å². The van der Waals surface area contributed by atoms with Gasteiger partial charge in [-0.15, -0.1) is 0 Å². The number of nitrogens with one attached hydrogen (secondary N) is 5. The van der Waals surface area contributed by atoms with Gasteiger partial charge >= 0.3 is 0 Å². The Bertz CT molecular complexity index is 2580. The number of hydrogen-bond acceptors (Lipinski definition) is 13. The number of aromatic amines is 2. The highest BCUT2D eigenvalue weighted by atomic mass is 16.3. The van der Waals surface area contributed by atoms with Gasteiger partial charge in [-0.2, -0.15) is 0 Å². The number of H-pyrrole nitrogens is 2. The number of aliphatic hydroxyl groups is 3. The van der Waals surface area contributed by atoms with Crippen molar-refractivity contribution < 1.29 is 15.3 Å². The van der Waals surface area contributed by atoms with E-state index in [2.05, 4.69) is 104 Å². The van der Waals surface area contributed by atoms with Gasteiger partial charge in [-0.05, 0) is 89.7 Å². The Balaban J connectivity index is 0.000000162. The van der Waals surface area contributed by atoms with Crippen LogP contribution in [-0.2, 0) is 13.1 Å². The summed E-state index contributed by atoms with van der Waals surface area (Å²) >= 11 is 0. The smallest absolute Gasteiger partial charge is 0.182 e. The molecule has 7 heterocycles. The highest BCUT2D eigenvalue weighted by Gasteiger charge is 2.34. The Morgan fingerprint density at radius 3 is 1.75 bits per heavy atom. The van der Waals surface area contributed by atoms with Crippen LogP contribution in [0.1, 0.15) is 30.4 Å². The Morgan fingerprint density at radius 2 is 1.18 bits per heavy atom. The van der Waals surface area contributed by atoms with Gasteiger partial charge in [0.15, 0.2) is 11.3 Å². The number of benzene rings is 2. The molecule has 0 aliphatic carbocycles. The van der Waals surface area contributed by atoms with Gasteiger partial charge in [0.05, 0.1) is 25.6 Å². The zero-order valence-corrected chi connectivity index (χ0v) is 31.5. The fourth-order valence-electron chi connectivity index (χ4n) is 6.90. The summed E-state index contributed by atoms with van der Waals surface area (Å²) in [7, 11) is 0. The maximum absolute atomic E-state index is 9.62. The van der Waals surface area contributed by atoms with Gasteiger partial charge in [-0.3, -0.25) is 0 Å². The summed E-state index contributed by atoms with van der Waals surface area (Å²) in [6.07, 6.45) is 9.48. The number of anilines is 4. The topological polar surface area (TPSA) is 209 Å². The van der Waals surface area contributed by atoms with Crippen molar-refractivity contribution in [2.45, 2.75) is 32.4 Å². The Morgan fingerprint density at radius 1 is 0.614 bits per heavy atom. The number of rotatable bonds is 13. The van der Waals surface area contributed by atoms with Crippen LogP contribution in [0, 0.1) is 5.41 Å². The molecule has 6 aromatic heterocycles. The number of aliphatic hydroxyl groups excluding tert-OH is 3. The minimum atomic E-state index is -0.382. The zero-order chi connectivity index (χ0) is 39.0. The molecule has 0 saturated carbocycles. The summed E-state index contributed by atoms with van der Waals surface area (Å²) in [5.74, 6) is 2.95. The molecule has 2 aromatic carbocycles. The van der Waals surface area contributed by atoms with Gasteiger partial charge in [0.25, 0.3) is 0 Å². The van der Waals surface area contributed by atoms with E-state index in [0.29, 0.717) is 49.0 Å². The maximum atomic E-state index is 9.62. The highest BCUT2D eigenvalue weighted by Crippen LogP contribution is 2.32. The molecule has 9 rings (SSSR count). The SMILES string of the molecule is OCC1(CO)CCN(c2ccc3ncc(NCc4ccc5cc[nH]c5c4)nc3n2)CC1.OCCCNc1ccc2ncc(NCc3ccc4cc[nH]c4c3)nc2n1. The van der Waals surface area contributed by atoms with E-state index in [1.54, 1.807) is 12.4 Å². The van der Waals surface area contributed by atoms with E-state index in [9.17, 15) is 10.2 Å². The molecule has 0 amide bonds. The first-order valence-electron chi connectivity index (χ1n) is 19.2. The van der Waals surface area contributed by atoms with E-state index in [4.69, 9.17) is 10.1 Å². The molecule has 292 valence electrons. The molecular weight excluding hydrogens is 721 g/mol. The lowest BCUT2D eigenvalue weighted by Crippen LogP contribution is -2.44. The normalized spacial score (nSPS) is 13.8. The fraction of sp³-hybridized carbons (Fsp3) is 0.286. The van der Waals surface area contributed by atoms with Crippen molar-refractivity contribution >= 4 is 67.4 Å². The fourth-order valence-corrected chi connectivity index (χ4v) is 6.90. The average molecular weight is 767 g/mol. The van der Waals surface area contributed by atoms with Crippen molar-refractivity contribution in [2.24, 2.45) is 5.41 Å². The summed E-state index contributed by atoms with van der Waals surface area (Å²) in [6.45, 7) is 3.64. The van der Waals surface area contributed by atoms with Crippen molar-refractivity contribution in [3.05, 3.63) is 109 Å². The first-order chi connectivity index (χ1) is 28.0. The lowest BCUT2D eigenvalue weighted by Gasteiger charge is -2.40. The molecule has 1 aliphatic heterocycles. The van der Waals surface area contributed by atoms with Gasteiger partial charge in [0, 0.05) is 68.2 Å². The molecule has 15 heteroatoms. The second-order valence-electron chi connectivity index (χ2n) is 14.4. The van der Waals surface area contributed by atoms with Crippen molar-refractivity contribution in [2.75, 3.05) is 60.3 Å². The van der Waals surface area contributed by atoms with Gasteiger partial charge in [0.1, 0.15) is 34.3 Å². The van der Waals surface area contributed by atoms with Gasteiger partial charge in [0.2, 0.25) is 0 Å². The standard InChI is InChI=1S/C23H26N6O2.C19H20N6O/c30-14-23(15-31)6-9-29(10-7-23)21-4-3-18-22(28-21)27-20(13-25-18)26-12-16-1-2-17-5-8-24-19(17)11-16;26-9-1-7-21-17-5-4-15-19(24-17)25-18(12-22-15)23-11-13-2-3-14-6-8-20-16(14)10-13/h1-5,8,11,13,24,30-31H,6-7,9-10,12,14-15H2,(H,26,27,28);2-6,8,10,12,20,26H,1,7,9,11H2,(H2,21,23,24,25). The number of pyridine rings is 2. The molecule has 8 N–H and O–H groups in total. The first-order valence-corrected chi connectivity index (χ1v) is 19.2. The third-order valence-corrected chi connectivity index (χ3v) is 10.4. The van der Waals surface area contributed by atoms with Crippen LogP contribution in [0.2, 0.25) is 0 Å². The van der Waals surface area contributed by atoms with Gasteiger partial charge < -0.3 is 46.1 Å². The molecule has 1 fully saturated rings. The molecular formula is C42H46N12O3. The third-order valence-electron chi connectivity index (χ3n) is 10.4. The molecule has 0 spiro atoms. The summed E-state index contributed by atoms with van der Waals surface area (Å²) in [5, 5.41) is 40.3. The van der Waals surface area contributed by atoms with Crippen molar-refractivity contribution in [3.8, 4) is 0 Å². The Kier molecular flexibility index (Phi) is 11.3. The van der Waals surface area contributed by atoms with E-state index < -0.39 is 0 Å². The molecule has 57 heavy (non-hydrogen) atoms. The molecule has 8 aromatic rings. The van der Waals surface area contributed by atoms with Crippen LogP contribution in [0.25, 0.3) is 44.1 Å². The van der Waals surface area contributed by atoms with Crippen LogP contribution in [-0.4, -0.2) is 94.6 Å². The number of fused-ring (bicyclic) bond motifs is 4. The minimum absolute atomic E-state index is 0.0137. The van der Waals surface area contributed by atoms with E-state index in [0.717, 1.165) is 70.8 Å². The van der Waals surface area contributed by atoms with Crippen molar-refractivity contribution in [1.82, 2.24) is 39.9 Å². The first kappa shape index (κ1) is 37.5. The van der Waals surface area contributed by atoms with E-state index in [-0.39, 0.29) is 25.2 Å². The van der Waals surface area contributed by atoms with Gasteiger partial charge in [-0.25, -0.2) is 29.9 Å². The second-order valence-corrected chi connectivity index (χ2v) is 14.4. The quantitative estimate of drug-likeness (QED) is 0.0673. The summed E-state index contributed by atoms with van der Waals surface area (Å²) < 4.78 is 0.